The van der Waals surface area contributed by atoms with Gasteiger partial charge in [0.25, 0.3) is 5.91 Å². The summed E-state index contributed by atoms with van der Waals surface area (Å²) >= 11 is 0. The van der Waals surface area contributed by atoms with Crippen LogP contribution >= 0.6 is 0 Å². The first-order chi connectivity index (χ1) is 10.4. The Morgan fingerprint density at radius 3 is 2.50 bits per heavy atom. The molecule has 2 amide bonds. The predicted molar refractivity (Wildman–Crippen MR) is 83.9 cm³/mol. The van der Waals surface area contributed by atoms with E-state index in [-0.39, 0.29) is 5.91 Å². The topological polar surface area (TPSA) is 95.5 Å². The number of carboxylic acids is 1. The molecule has 6 nitrogen and oxygen atoms in total. The van der Waals surface area contributed by atoms with Gasteiger partial charge in [-0.05, 0) is 31.0 Å². The summed E-state index contributed by atoms with van der Waals surface area (Å²) in [5.41, 5.74) is 1.50. The van der Waals surface area contributed by atoms with Gasteiger partial charge in [0.05, 0.1) is 0 Å². The van der Waals surface area contributed by atoms with Gasteiger partial charge >= 0.3 is 5.97 Å². The number of rotatable bonds is 7. The lowest BCUT2D eigenvalue weighted by Crippen LogP contribution is -2.41. The molecule has 1 rings (SSSR count). The van der Waals surface area contributed by atoms with E-state index >= 15 is 0 Å². The zero-order valence-electron chi connectivity index (χ0n) is 13.1. The molecule has 0 saturated carbocycles. The van der Waals surface area contributed by atoms with Crippen molar-refractivity contribution in [2.45, 2.75) is 46.1 Å². The van der Waals surface area contributed by atoms with Crippen LogP contribution in [0.25, 0.3) is 0 Å². The second-order valence-corrected chi connectivity index (χ2v) is 5.17. The molecule has 0 bridgehead atoms. The van der Waals surface area contributed by atoms with Gasteiger partial charge in [0.2, 0.25) is 5.91 Å². The second-order valence-electron chi connectivity index (χ2n) is 5.17. The van der Waals surface area contributed by atoms with Gasteiger partial charge in [-0.25, -0.2) is 4.79 Å². The Labute approximate surface area is 129 Å². The van der Waals surface area contributed by atoms with Crippen molar-refractivity contribution in [2.24, 2.45) is 0 Å². The number of unbranched alkanes of at least 4 members (excludes halogenated alkanes) is 1. The number of aliphatic carboxylic acids is 1. The second kappa shape index (κ2) is 8.17. The van der Waals surface area contributed by atoms with Gasteiger partial charge in [-0.15, -0.1) is 0 Å². The molecule has 0 aliphatic rings. The Bertz CT molecular complexity index is 569. The average Bonchev–Trinajstić information content (AvgIpc) is 2.44. The summed E-state index contributed by atoms with van der Waals surface area (Å²) in [6.07, 6.45) is 1.97. The van der Waals surface area contributed by atoms with Crippen LogP contribution in [-0.2, 0) is 9.59 Å². The molecule has 0 radical (unpaired) electrons. The van der Waals surface area contributed by atoms with Crippen LogP contribution in [0.1, 0.15) is 49.0 Å². The molecule has 1 aromatic carbocycles. The predicted octanol–water partition coefficient (Wildman–Crippen LogP) is 2.33. The number of amides is 2. The van der Waals surface area contributed by atoms with Crippen LogP contribution in [0.3, 0.4) is 0 Å². The summed E-state index contributed by atoms with van der Waals surface area (Å²) in [6.45, 7) is 5.06. The number of anilines is 1. The lowest BCUT2D eigenvalue weighted by molar-refractivity contribution is -0.139. The van der Waals surface area contributed by atoms with Crippen LogP contribution in [-0.4, -0.2) is 28.9 Å². The third-order valence-electron chi connectivity index (χ3n) is 3.34. The maximum atomic E-state index is 12.3. The summed E-state index contributed by atoms with van der Waals surface area (Å²) < 4.78 is 0. The van der Waals surface area contributed by atoms with Crippen molar-refractivity contribution in [2.75, 3.05) is 5.32 Å². The van der Waals surface area contributed by atoms with Gasteiger partial charge in [0, 0.05) is 18.2 Å². The van der Waals surface area contributed by atoms with Crippen LogP contribution in [0.4, 0.5) is 5.69 Å². The first-order valence-electron chi connectivity index (χ1n) is 7.27. The molecule has 0 aliphatic heterocycles. The van der Waals surface area contributed by atoms with E-state index in [1.54, 1.807) is 25.1 Å². The van der Waals surface area contributed by atoms with Gasteiger partial charge in [-0.1, -0.05) is 25.8 Å². The van der Waals surface area contributed by atoms with Crippen LogP contribution in [0.2, 0.25) is 0 Å². The number of benzene rings is 1. The minimum Gasteiger partial charge on any atom is -0.480 e. The first-order valence-corrected chi connectivity index (χ1v) is 7.27. The molecule has 3 N–H and O–H groups in total. The number of hydrogen-bond donors (Lipinski definition) is 3. The molecule has 0 fully saturated rings. The minimum absolute atomic E-state index is 0.230. The zero-order valence-corrected chi connectivity index (χ0v) is 13.1. The van der Waals surface area contributed by atoms with E-state index < -0.39 is 17.9 Å². The third kappa shape index (κ3) is 4.87. The molecule has 0 aliphatic carbocycles. The summed E-state index contributed by atoms with van der Waals surface area (Å²) in [4.78, 5) is 34.6. The Morgan fingerprint density at radius 1 is 1.27 bits per heavy atom. The van der Waals surface area contributed by atoms with E-state index in [0.29, 0.717) is 23.2 Å². The van der Waals surface area contributed by atoms with Crippen molar-refractivity contribution >= 4 is 23.5 Å². The first kappa shape index (κ1) is 17.7. The molecular weight excluding hydrogens is 284 g/mol. The van der Waals surface area contributed by atoms with Gasteiger partial charge in [-0.2, -0.15) is 0 Å². The standard InChI is InChI=1S/C16H22N2O4/c1-4-5-8-14(16(21)22)18-15(20)12-7-6-9-13(10(12)2)17-11(3)19/h6-7,9,14H,4-5,8H2,1-3H3,(H,17,19)(H,18,20)(H,21,22)/t14-/m0/s1. The number of nitrogens with one attached hydrogen (secondary N) is 2. The smallest absolute Gasteiger partial charge is 0.326 e. The van der Waals surface area contributed by atoms with Crippen LogP contribution in [0, 0.1) is 6.92 Å². The largest absolute Gasteiger partial charge is 0.480 e. The fourth-order valence-corrected chi connectivity index (χ4v) is 2.11. The van der Waals surface area contributed by atoms with Gasteiger partial charge in [0.15, 0.2) is 0 Å². The quantitative estimate of drug-likeness (QED) is 0.720. The van der Waals surface area contributed by atoms with Crippen LogP contribution in [0.15, 0.2) is 18.2 Å². The fourth-order valence-electron chi connectivity index (χ4n) is 2.11. The van der Waals surface area contributed by atoms with Crippen molar-refractivity contribution in [1.82, 2.24) is 5.32 Å². The monoisotopic (exact) mass is 306 g/mol. The van der Waals surface area contributed by atoms with Crippen molar-refractivity contribution < 1.29 is 19.5 Å². The van der Waals surface area contributed by atoms with E-state index in [1.807, 2.05) is 6.92 Å². The maximum absolute atomic E-state index is 12.3. The molecule has 1 aromatic rings. The van der Waals surface area contributed by atoms with Crippen molar-refractivity contribution in [3.8, 4) is 0 Å². The van der Waals surface area contributed by atoms with Crippen LogP contribution < -0.4 is 10.6 Å². The molecular formula is C16H22N2O4. The van der Waals surface area contributed by atoms with E-state index in [4.69, 9.17) is 5.11 Å². The van der Waals surface area contributed by atoms with Gasteiger partial charge < -0.3 is 15.7 Å². The van der Waals surface area contributed by atoms with Crippen molar-refractivity contribution in [3.05, 3.63) is 29.3 Å². The van der Waals surface area contributed by atoms with Crippen LogP contribution in [0.5, 0.6) is 0 Å². The van der Waals surface area contributed by atoms with Gasteiger partial charge in [0.1, 0.15) is 6.04 Å². The molecule has 22 heavy (non-hydrogen) atoms. The summed E-state index contributed by atoms with van der Waals surface area (Å²) in [7, 11) is 0. The highest BCUT2D eigenvalue weighted by Gasteiger charge is 2.21. The third-order valence-corrected chi connectivity index (χ3v) is 3.34. The Hall–Kier alpha value is -2.37. The highest BCUT2D eigenvalue weighted by Crippen LogP contribution is 2.19. The minimum atomic E-state index is -1.04. The number of hydrogen-bond acceptors (Lipinski definition) is 3. The molecule has 0 heterocycles. The highest BCUT2D eigenvalue weighted by molar-refractivity contribution is 6.00. The van der Waals surface area contributed by atoms with E-state index in [2.05, 4.69) is 10.6 Å². The molecule has 1 atom stereocenters. The lowest BCUT2D eigenvalue weighted by Gasteiger charge is -2.16. The fraction of sp³-hybridized carbons (Fsp3) is 0.438. The normalized spacial score (nSPS) is 11.6. The Balaban J connectivity index is 2.92. The van der Waals surface area contributed by atoms with E-state index in [0.717, 1.165) is 12.8 Å². The molecule has 0 aromatic heterocycles. The molecule has 0 spiro atoms. The van der Waals surface area contributed by atoms with E-state index in [1.165, 1.54) is 6.92 Å². The summed E-state index contributed by atoms with van der Waals surface area (Å²) in [5, 5.41) is 14.3. The SMILES string of the molecule is CCCC[C@H](NC(=O)c1cccc(NC(C)=O)c1C)C(=O)O. The molecule has 120 valence electrons. The van der Waals surface area contributed by atoms with Crippen molar-refractivity contribution in [3.63, 3.8) is 0 Å². The number of carbonyl (C=O) groups is 3. The Morgan fingerprint density at radius 2 is 1.95 bits per heavy atom. The highest BCUT2D eigenvalue weighted by atomic mass is 16.4. The lowest BCUT2D eigenvalue weighted by atomic mass is 10.0. The summed E-state index contributed by atoms with van der Waals surface area (Å²) in [6, 6.07) is 4.04. The van der Waals surface area contributed by atoms with Gasteiger partial charge in [-0.3, -0.25) is 9.59 Å². The zero-order chi connectivity index (χ0) is 16.7. The maximum Gasteiger partial charge on any atom is 0.326 e. The molecule has 0 saturated heterocycles. The summed E-state index contributed by atoms with van der Waals surface area (Å²) in [5.74, 6) is -1.72. The Kier molecular flexibility index (Phi) is 6.56. The average molecular weight is 306 g/mol. The number of carbonyl (C=O) groups excluding carboxylic acids is 2. The number of carboxylic acid groups (broad SMARTS) is 1. The van der Waals surface area contributed by atoms with E-state index in [9.17, 15) is 14.4 Å². The van der Waals surface area contributed by atoms with Crippen molar-refractivity contribution in [1.29, 1.82) is 0 Å². The molecule has 6 heteroatoms. The molecule has 0 unspecified atom stereocenters.